The first-order valence-corrected chi connectivity index (χ1v) is 6.97. The molecule has 0 spiro atoms. The number of anilines is 1. The Kier molecular flexibility index (Phi) is 4.48. The summed E-state index contributed by atoms with van der Waals surface area (Å²) in [6.45, 7) is 3.73. The third kappa shape index (κ3) is 3.16. The number of carboxylic acids is 1. The van der Waals surface area contributed by atoms with E-state index in [9.17, 15) is 4.79 Å². The van der Waals surface area contributed by atoms with Crippen molar-refractivity contribution < 1.29 is 9.90 Å². The van der Waals surface area contributed by atoms with Crippen LogP contribution in [-0.2, 0) is 0 Å². The van der Waals surface area contributed by atoms with Crippen LogP contribution in [-0.4, -0.2) is 23.1 Å². The molecular weight excluding hydrogens is 288 g/mol. The van der Waals surface area contributed by atoms with Gasteiger partial charge in [-0.25, -0.2) is 9.78 Å². The molecule has 110 valence electrons. The molecule has 1 unspecified atom stereocenters. The molecule has 0 saturated carbocycles. The minimum Gasteiger partial charge on any atom is -0.478 e. The summed E-state index contributed by atoms with van der Waals surface area (Å²) in [5.41, 5.74) is 1.72. The summed E-state index contributed by atoms with van der Waals surface area (Å²) < 4.78 is 0. The second-order valence-electron chi connectivity index (χ2n) is 4.92. The van der Waals surface area contributed by atoms with Gasteiger partial charge in [0.2, 0.25) is 0 Å². The zero-order valence-corrected chi connectivity index (χ0v) is 12.9. The molecule has 21 heavy (non-hydrogen) atoms. The Labute approximate surface area is 129 Å². The average Bonchev–Trinajstić information content (AvgIpc) is 2.45. The Morgan fingerprint density at radius 1 is 1.29 bits per heavy atom. The molecule has 1 aromatic heterocycles. The van der Waals surface area contributed by atoms with Crippen LogP contribution in [0.15, 0.2) is 36.4 Å². The summed E-state index contributed by atoms with van der Waals surface area (Å²) >= 11 is 6.22. The van der Waals surface area contributed by atoms with Crippen molar-refractivity contribution in [3.63, 3.8) is 0 Å². The zero-order chi connectivity index (χ0) is 15.6. The molecule has 2 aromatic rings. The number of aromatic carboxylic acids is 1. The third-order valence-corrected chi connectivity index (χ3v) is 3.94. The third-order valence-electron chi connectivity index (χ3n) is 3.60. The number of aromatic nitrogens is 1. The maximum atomic E-state index is 11.0. The first-order chi connectivity index (χ1) is 9.91. The SMILES string of the molecule is Cc1nc(N(C)C(C)c2ccccc2Cl)ccc1C(=O)O. The summed E-state index contributed by atoms with van der Waals surface area (Å²) in [5.74, 6) is -0.252. The normalized spacial score (nSPS) is 12.0. The van der Waals surface area contributed by atoms with Gasteiger partial charge in [-0.15, -0.1) is 0 Å². The molecule has 1 atom stereocenters. The van der Waals surface area contributed by atoms with Crippen molar-refractivity contribution >= 4 is 23.4 Å². The van der Waals surface area contributed by atoms with Crippen molar-refractivity contribution in [3.8, 4) is 0 Å². The molecule has 0 saturated heterocycles. The van der Waals surface area contributed by atoms with E-state index in [4.69, 9.17) is 16.7 Å². The molecule has 2 rings (SSSR count). The number of nitrogens with zero attached hydrogens (tertiary/aromatic N) is 2. The summed E-state index contributed by atoms with van der Waals surface area (Å²) in [7, 11) is 1.91. The fourth-order valence-electron chi connectivity index (χ4n) is 2.19. The predicted molar refractivity (Wildman–Crippen MR) is 84.2 cm³/mol. The van der Waals surface area contributed by atoms with E-state index in [1.54, 1.807) is 19.1 Å². The highest BCUT2D eigenvalue weighted by molar-refractivity contribution is 6.31. The Morgan fingerprint density at radius 2 is 1.95 bits per heavy atom. The molecule has 0 amide bonds. The predicted octanol–water partition coefficient (Wildman–Crippen LogP) is 3.94. The van der Waals surface area contributed by atoms with Crippen LogP contribution >= 0.6 is 11.6 Å². The average molecular weight is 305 g/mol. The lowest BCUT2D eigenvalue weighted by Crippen LogP contribution is -2.23. The first kappa shape index (κ1) is 15.3. The monoisotopic (exact) mass is 304 g/mol. The van der Waals surface area contributed by atoms with Gasteiger partial charge in [0, 0.05) is 12.1 Å². The van der Waals surface area contributed by atoms with Crippen molar-refractivity contribution in [1.82, 2.24) is 4.98 Å². The van der Waals surface area contributed by atoms with Gasteiger partial charge in [-0.05, 0) is 37.6 Å². The van der Waals surface area contributed by atoms with Crippen LogP contribution in [0.4, 0.5) is 5.82 Å². The van der Waals surface area contributed by atoms with Gasteiger partial charge < -0.3 is 10.0 Å². The van der Waals surface area contributed by atoms with Crippen LogP contribution in [0.25, 0.3) is 0 Å². The molecule has 0 bridgehead atoms. The van der Waals surface area contributed by atoms with Crippen molar-refractivity contribution in [3.05, 3.63) is 58.2 Å². The van der Waals surface area contributed by atoms with Crippen molar-refractivity contribution in [2.24, 2.45) is 0 Å². The smallest absolute Gasteiger partial charge is 0.337 e. The van der Waals surface area contributed by atoms with E-state index in [1.165, 1.54) is 0 Å². The van der Waals surface area contributed by atoms with Crippen LogP contribution < -0.4 is 4.90 Å². The maximum absolute atomic E-state index is 11.0. The van der Waals surface area contributed by atoms with Gasteiger partial charge in [0.15, 0.2) is 0 Å². The largest absolute Gasteiger partial charge is 0.478 e. The minimum absolute atomic E-state index is 0.0290. The number of pyridine rings is 1. The molecule has 0 aliphatic carbocycles. The van der Waals surface area contributed by atoms with Crippen LogP contribution in [0.3, 0.4) is 0 Å². The Bertz CT molecular complexity index is 673. The number of benzene rings is 1. The van der Waals surface area contributed by atoms with Crippen molar-refractivity contribution in [2.75, 3.05) is 11.9 Å². The lowest BCUT2D eigenvalue weighted by molar-refractivity contribution is 0.0695. The molecule has 0 aliphatic heterocycles. The second-order valence-corrected chi connectivity index (χ2v) is 5.32. The Hall–Kier alpha value is -2.07. The number of hydrogen-bond acceptors (Lipinski definition) is 3. The highest BCUT2D eigenvalue weighted by atomic mass is 35.5. The van der Waals surface area contributed by atoms with E-state index in [1.807, 2.05) is 43.1 Å². The fraction of sp³-hybridized carbons (Fsp3) is 0.250. The van der Waals surface area contributed by atoms with E-state index in [-0.39, 0.29) is 11.6 Å². The lowest BCUT2D eigenvalue weighted by Gasteiger charge is -2.27. The molecule has 1 aromatic carbocycles. The lowest BCUT2D eigenvalue weighted by atomic mass is 10.1. The first-order valence-electron chi connectivity index (χ1n) is 6.60. The van der Waals surface area contributed by atoms with Gasteiger partial charge in [-0.3, -0.25) is 0 Å². The number of rotatable bonds is 4. The second kappa shape index (κ2) is 6.14. The van der Waals surface area contributed by atoms with Crippen LogP contribution in [0.2, 0.25) is 5.02 Å². The fourth-order valence-corrected chi connectivity index (χ4v) is 2.48. The van der Waals surface area contributed by atoms with Gasteiger partial charge in [0.25, 0.3) is 0 Å². The van der Waals surface area contributed by atoms with E-state index >= 15 is 0 Å². The number of carboxylic acid groups (broad SMARTS) is 1. The number of halogens is 1. The topological polar surface area (TPSA) is 53.4 Å². The summed E-state index contributed by atoms with van der Waals surface area (Å²) in [4.78, 5) is 17.4. The van der Waals surface area contributed by atoms with Crippen LogP contribution in [0, 0.1) is 6.92 Å². The van der Waals surface area contributed by atoms with Gasteiger partial charge in [0.1, 0.15) is 5.82 Å². The van der Waals surface area contributed by atoms with E-state index in [2.05, 4.69) is 4.98 Å². The van der Waals surface area contributed by atoms with Crippen LogP contribution in [0.1, 0.15) is 34.6 Å². The van der Waals surface area contributed by atoms with Gasteiger partial charge in [0.05, 0.1) is 17.3 Å². The molecule has 0 fully saturated rings. The van der Waals surface area contributed by atoms with Gasteiger partial charge in [-0.2, -0.15) is 0 Å². The highest BCUT2D eigenvalue weighted by Gasteiger charge is 2.17. The summed E-state index contributed by atoms with van der Waals surface area (Å²) in [6, 6.07) is 11.0. The Morgan fingerprint density at radius 3 is 2.52 bits per heavy atom. The van der Waals surface area contributed by atoms with Crippen LogP contribution in [0.5, 0.6) is 0 Å². The van der Waals surface area contributed by atoms with E-state index < -0.39 is 5.97 Å². The standard InChI is InChI=1S/C16H17ClN2O2/c1-10-12(16(20)21)8-9-15(18-10)19(3)11(2)13-6-4-5-7-14(13)17/h4-9,11H,1-3H3,(H,20,21). The summed E-state index contributed by atoms with van der Waals surface area (Å²) in [6.07, 6.45) is 0. The zero-order valence-electron chi connectivity index (χ0n) is 12.2. The summed E-state index contributed by atoms with van der Waals surface area (Å²) in [5, 5.41) is 9.75. The maximum Gasteiger partial charge on any atom is 0.337 e. The molecule has 5 heteroatoms. The van der Waals surface area contributed by atoms with Crippen molar-refractivity contribution in [2.45, 2.75) is 19.9 Å². The molecule has 1 N–H and O–H groups in total. The van der Waals surface area contributed by atoms with Gasteiger partial charge >= 0.3 is 5.97 Å². The minimum atomic E-state index is -0.964. The van der Waals surface area contributed by atoms with E-state index in [0.717, 1.165) is 5.56 Å². The molecule has 1 heterocycles. The molecule has 0 aliphatic rings. The number of carbonyl (C=O) groups is 1. The Balaban J connectivity index is 2.32. The van der Waals surface area contributed by atoms with Gasteiger partial charge in [-0.1, -0.05) is 29.8 Å². The molecular formula is C16H17ClN2O2. The van der Waals surface area contributed by atoms with E-state index in [0.29, 0.717) is 16.5 Å². The number of aryl methyl sites for hydroxylation is 1. The van der Waals surface area contributed by atoms with Crippen molar-refractivity contribution in [1.29, 1.82) is 0 Å². The number of hydrogen-bond donors (Lipinski definition) is 1. The quantitative estimate of drug-likeness (QED) is 0.929. The highest BCUT2D eigenvalue weighted by Crippen LogP contribution is 2.29. The molecule has 0 radical (unpaired) electrons. The molecule has 4 nitrogen and oxygen atoms in total.